The molecule has 0 aliphatic carbocycles. The van der Waals surface area contributed by atoms with Crippen molar-refractivity contribution in [2.45, 2.75) is 12.6 Å². The minimum Gasteiger partial charge on any atom is -0.383 e. The number of halogens is 3. The van der Waals surface area contributed by atoms with Crippen molar-refractivity contribution < 1.29 is 18.0 Å². The molecule has 2 aromatic carbocycles. The monoisotopic (exact) mass is 385 g/mol. The Morgan fingerprint density at radius 1 is 0.929 bits per heavy atom. The van der Waals surface area contributed by atoms with E-state index in [0.717, 1.165) is 18.6 Å². The predicted octanol–water partition coefficient (Wildman–Crippen LogP) is 5.01. The first-order valence-electron chi connectivity index (χ1n) is 8.63. The quantitative estimate of drug-likeness (QED) is 0.627. The summed E-state index contributed by atoms with van der Waals surface area (Å²) in [6, 6.07) is 16.1. The molecule has 4 nitrogen and oxygen atoms in total. The molecule has 3 rings (SSSR count). The lowest BCUT2D eigenvalue weighted by Crippen LogP contribution is -2.14. The fourth-order valence-electron chi connectivity index (χ4n) is 2.63. The first-order chi connectivity index (χ1) is 13.4. The number of nitrogens with one attached hydrogen (secondary N) is 2. The minimum atomic E-state index is -4.47. The van der Waals surface area contributed by atoms with Crippen molar-refractivity contribution in [1.29, 1.82) is 0 Å². The number of aromatic nitrogens is 1. The van der Waals surface area contributed by atoms with Crippen LogP contribution in [0.2, 0.25) is 0 Å². The van der Waals surface area contributed by atoms with E-state index in [1.54, 1.807) is 12.3 Å². The Morgan fingerprint density at radius 3 is 2.46 bits per heavy atom. The van der Waals surface area contributed by atoms with E-state index in [9.17, 15) is 18.0 Å². The smallest absolute Gasteiger partial charge is 0.383 e. The molecule has 1 heterocycles. The van der Waals surface area contributed by atoms with Crippen LogP contribution in [0.1, 0.15) is 21.5 Å². The second-order valence-electron chi connectivity index (χ2n) is 6.16. The van der Waals surface area contributed by atoms with E-state index in [-0.39, 0.29) is 11.3 Å². The van der Waals surface area contributed by atoms with Crippen LogP contribution in [0.5, 0.6) is 0 Å². The Balaban J connectivity index is 1.62. The molecule has 144 valence electrons. The van der Waals surface area contributed by atoms with Crippen molar-refractivity contribution >= 4 is 17.3 Å². The van der Waals surface area contributed by atoms with Gasteiger partial charge in [-0.05, 0) is 36.2 Å². The van der Waals surface area contributed by atoms with Crippen molar-refractivity contribution in [3.05, 3.63) is 89.7 Å². The maximum atomic E-state index is 12.8. The highest BCUT2D eigenvalue weighted by Gasteiger charge is 2.30. The van der Waals surface area contributed by atoms with Gasteiger partial charge in [0.2, 0.25) is 0 Å². The maximum Gasteiger partial charge on any atom is 0.416 e. The minimum absolute atomic E-state index is 0.0715. The fraction of sp³-hybridized carbons (Fsp3) is 0.143. The summed E-state index contributed by atoms with van der Waals surface area (Å²) >= 11 is 0. The van der Waals surface area contributed by atoms with Gasteiger partial charge in [-0.3, -0.25) is 9.78 Å². The van der Waals surface area contributed by atoms with Crippen LogP contribution in [-0.2, 0) is 12.6 Å². The van der Waals surface area contributed by atoms with Crippen LogP contribution in [-0.4, -0.2) is 17.4 Å². The molecule has 0 radical (unpaired) electrons. The molecule has 0 fully saturated rings. The van der Waals surface area contributed by atoms with Crippen molar-refractivity contribution in [2.24, 2.45) is 0 Å². The second kappa shape index (κ2) is 8.56. The average molecular weight is 385 g/mol. The molecule has 0 atom stereocenters. The van der Waals surface area contributed by atoms with Crippen LogP contribution in [0, 0.1) is 0 Å². The highest BCUT2D eigenvalue weighted by Crippen LogP contribution is 2.30. The molecule has 28 heavy (non-hydrogen) atoms. The van der Waals surface area contributed by atoms with Gasteiger partial charge in [-0.15, -0.1) is 0 Å². The van der Waals surface area contributed by atoms with Gasteiger partial charge < -0.3 is 10.6 Å². The van der Waals surface area contributed by atoms with Crippen LogP contribution in [0.15, 0.2) is 73.1 Å². The third-order valence-electron chi connectivity index (χ3n) is 4.03. The summed E-state index contributed by atoms with van der Waals surface area (Å²) < 4.78 is 38.4. The number of nitrogens with zero attached hydrogens (tertiary/aromatic N) is 1. The topological polar surface area (TPSA) is 54.0 Å². The Bertz CT molecular complexity index is 943. The normalized spacial score (nSPS) is 11.1. The number of benzene rings is 2. The third kappa shape index (κ3) is 5.33. The van der Waals surface area contributed by atoms with E-state index in [4.69, 9.17) is 0 Å². The molecule has 1 aromatic heterocycles. The van der Waals surface area contributed by atoms with E-state index >= 15 is 0 Å². The van der Waals surface area contributed by atoms with Crippen LogP contribution < -0.4 is 10.6 Å². The number of hydrogen-bond donors (Lipinski definition) is 2. The van der Waals surface area contributed by atoms with Gasteiger partial charge in [-0.1, -0.05) is 36.4 Å². The van der Waals surface area contributed by atoms with Gasteiger partial charge in [0.1, 0.15) is 0 Å². The van der Waals surface area contributed by atoms with E-state index < -0.39 is 17.6 Å². The van der Waals surface area contributed by atoms with Crippen LogP contribution in [0.4, 0.5) is 24.5 Å². The van der Waals surface area contributed by atoms with E-state index in [2.05, 4.69) is 15.6 Å². The SMILES string of the molecule is O=C(Nc1cccc(C(F)(F)F)c1)c1cncc(NCCc2ccccc2)c1. The zero-order chi connectivity index (χ0) is 20.0. The highest BCUT2D eigenvalue weighted by atomic mass is 19.4. The summed E-state index contributed by atoms with van der Waals surface area (Å²) in [7, 11) is 0. The zero-order valence-corrected chi connectivity index (χ0v) is 14.8. The Kier molecular flexibility index (Phi) is 5.93. The van der Waals surface area contributed by atoms with Crippen LogP contribution in [0.25, 0.3) is 0 Å². The molecule has 0 aliphatic heterocycles. The highest BCUT2D eigenvalue weighted by molar-refractivity contribution is 6.04. The number of amides is 1. The fourth-order valence-corrected chi connectivity index (χ4v) is 2.63. The summed E-state index contributed by atoms with van der Waals surface area (Å²) in [5.74, 6) is -0.529. The van der Waals surface area contributed by atoms with Crippen LogP contribution in [0.3, 0.4) is 0 Å². The molecule has 0 saturated heterocycles. The van der Waals surface area contributed by atoms with Crippen molar-refractivity contribution in [1.82, 2.24) is 4.98 Å². The van der Waals surface area contributed by atoms with Crippen molar-refractivity contribution in [2.75, 3.05) is 17.2 Å². The van der Waals surface area contributed by atoms with Crippen LogP contribution >= 0.6 is 0 Å². The van der Waals surface area contributed by atoms with E-state index in [1.807, 2.05) is 30.3 Å². The molecule has 1 amide bonds. The molecular formula is C21H18F3N3O. The standard InChI is InChI=1S/C21H18F3N3O/c22-21(23,24)17-7-4-8-18(12-17)27-20(28)16-11-19(14-25-13-16)26-10-9-15-5-2-1-3-6-15/h1-8,11-14,26H,9-10H2,(H,27,28). The van der Waals surface area contributed by atoms with Crippen molar-refractivity contribution in [3.8, 4) is 0 Å². The average Bonchev–Trinajstić information content (AvgIpc) is 2.69. The number of hydrogen-bond acceptors (Lipinski definition) is 3. The molecule has 0 saturated carbocycles. The Hall–Kier alpha value is -3.35. The molecule has 2 N–H and O–H groups in total. The van der Waals surface area contributed by atoms with Gasteiger partial charge in [0, 0.05) is 24.6 Å². The summed E-state index contributed by atoms with van der Waals surface area (Å²) in [6.45, 7) is 0.657. The van der Waals surface area contributed by atoms with Gasteiger partial charge >= 0.3 is 6.18 Å². The molecule has 3 aromatic rings. The lowest BCUT2D eigenvalue weighted by molar-refractivity contribution is -0.137. The summed E-state index contributed by atoms with van der Waals surface area (Å²) in [5.41, 5.74) is 1.35. The van der Waals surface area contributed by atoms with Gasteiger partial charge in [-0.2, -0.15) is 13.2 Å². The van der Waals surface area contributed by atoms with E-state index in [0.29, 0.717) is 12.2 Å². The molecule has 0 bridgehead atoms. The first-order valence-corrected chi connectivity index (χ1v) is 8.63. The number of rotatable bonds is 6. The number of alkyl halides is 3. The van der Waals surface area contributed by atoms with E-state index in [1.165, 1.54) is 23.9 Å². The number of anilines is 2. The predicted molar refractivity (Wildman–Crippen MR) is 102 cm³/mol. The molecule has 0 spiro atoms. The molecule has 0 aliphatic rings. The zero-order valence-electron chi connectivity index (χ0n) is 14.8. The van der Waals surface area contributed by atoms with Gasteiger partial charge in [0.25, 0.3) is 5.91 Å². The van der Waals surface area contributed by atoms with Gasteiger partial charge in [-0.25, -0.2) is 0 Å². The summed E-state index contributed by atoms with van der Waals surface area (Å²) in [4.78, 5) is 16.4. The summed E-state index contributed by atoms with van der Waals surface area (Å²) in [6.07, 6.45) is -0.705. The molecule has 7 heteroatoms. The lowest BCUT2D eigenvalue weighted by atomic mass is 10.1. The molecule has 0 unspecified atom stereocenters. The third-order valence-corrected chi connectivity index (χ3v) is 4.03. The number of carbonyl (C=O) groups is 1. The van der Waals surface area contributed by atoms with Crippen molar-refractivity contribution in [3.63, 3.8) is 0 Å². The Labute approximate surface area is 160 Å². The Morgan fingerprint density at radius 2 is 1.71 bits per heavy atom. The summed E-state index contributed by atoms with van der Waals surface area (Å²) in [5, 5.41) is 5.66. The lowest BCUT2D eigenvalue weighted by Gasteiger charge is -2.11. The first kappa shape index (κ1) is 19.4. The number of pyridine rings is 1. The van der Waals surface area contributed by atoms with Gasteiger partial charge in [0.15, 0.2) is 0 Å². The maximum absolute atomic E-state index is 12.8. The number of carbonyl (C=O) groups excluding carboxylic acids is 1. The second-order valence-corrected chi connectivity index (χ2v) is 6.16. The largest absolute Gasteiger partial charge is 0.416 e. The molecular weight excluding hydrogens is 367 g/mol. The van der Waals surface area contributed by atoms with Gasteiger partial charge in [0.05, 0.1) is 16.8 Å².